The van der Waals surface area contributed by atoms with Crippen molar-refractivity contribution in [2.75, 3.05) is 5.75 Å². The summed E-state index contributed by atoms with van der Waals surface area (Å²) in [7, 11) is 0. The van der Waals surface area contributed by atoms with Gasteiger partial charge in [-0.15, -0.1) is 0 Å². The Morgan fingerprint density at radius 3 is 2.40 bits per heavy atom. The molecule has 236 valence electrons. The first-order chi connectivity index (χ1) is 22.0. The lowest BCUT2D eigenvalue weighted by Crippen LogP contribution is -2.31. The maximum Gasteiger partial charge on any atom is 0.243 e. The number of ether oxygens (including phenoxy) is 2. The predicted molar refractivity (Wildman–Crippen MR) is 168 cm³/mol. The third-order valence-corrected chi connectivity index (χ3v) is 8.51. The number of benzene rings is 3. The highest BCUT2D eigenvalue weighted by atomic mass is 32.2. The van der Waals surface area contributed by atoms with Gasteiger partial charge in [-0.25, -0.2) is 10.5 Å². The van der Waals surface area contributed by atoms with E-state index in [1.807, 2.05) is 60.7 Å². The molecule has 1 saturated heterocycles. The van der Waals surface area contributed by atoms with Crippen molar-refractivity contribution in [1.82, 2.24) is 26.0 Å². The maximum absolute atomic E-state index is 12.3. The molecule has 1 fully saturated rings. The zero-order valence-corrected chi connectivity index (χ0v) is 25.5. The van der Waals surface area contributed by atoms with E-state index in [1.165, 1.54) is 6.33 Å². The average molecular weight is 632 g/mol. The summed E-state index contributed by atoms with van der Waals surface area (Å²) < 4.78 is 13.0. The van der Waals surface area contributed by atoms with E-state index >= 15 is 0 Å². The van der Waals surface area contributed by atoms with Crippen LogP contribution in [-0.2, 0) is 32.2 Å². The van der Waals surface area contributed by atoms with E-state index in [-0.39, 0.29) is 31.1 Å². The number of rotatable bonds is 14. The van der Waals surface area contributed by atoms with E-state index < -0.39 is 12.2 Å². The minimum Gasteiger partial charge on any atom is -0.392 e. The van der Waals surface area contributed by atoms with Crippen molar-refractivity contribution in [2.45, 2.75) is 68.9 Å². The molecule has 1 aliphatic rings. The first-order valence-corrected chi connectivity index (χ1v) is 15.9. The zero-order valence-electron chi connectivity index (χ0n) is 24.7. The van der Waals surface area contributed by atoms with E-state index in [4.69, 9.17) is 14.7 Å². The number of aliphatic hydroxyl groups is 1. The van der Waals surface area contributed by atoms with Gasteiger partial charge in [-0.3, -0.25) is 19.9 Å². The first-order valence-electron chi connectivity index (χ1n) is 14.9. The van der Waals surface area contributed by atoms with Crippen LogP contribution in [0.1, 0.15) is 66.8 Å². The molecule has 45 heavy (non-hydrogen) atoms. The molecule has 5 rings (SSSR count). The summed E-state index contributed by atoms with van der Waals surface area (Å²) >= 11 is 1.55. The summed E-state index contributed by atoms with van der Waals surface area (Å²) in [6.07, 6.45) is 2.84. The number of nitrogens with one attached hydrogen (secondary N) is 3. The van der Waals surface area contributed by atoms with Gasteiger partial charge in [0.05, 0.1) is 18.8 Å². The van der Waals surface area contributed by atoms with Crippen molar-refractivity contribution in [1.29, 1.82) is 0 Å². The molecule has 2 amide bonds. The maximum atomic E-state index is 12.3. The Bertz CT molecular complexity index is 1530. The van der Waals surface area contributed by atoms with E-state index in [9.17, 15) is 14.7 Å². The molecule has 3 aromatic carbocycles. The van der Waals surface area contributed by atoms with Gasteiger partial charge in [0.15, 0.2) is 11.4 Å². The van der Waals surface area contributed by atoms with Crippen molar-refractivity contribution in [2.24, 2.45) is 0 Å². The number of H-pyrrole nitrogens is 1. The summed E-state index contributed by atoms with van der Waals surface area (Å²) in [5.74, 6) is 0.133. The van der Waals surface area contributed by atoms with Gasteiger partial charge in [-0.1, -0.05) is 72.4 Å². The van der Waals surface area contributed by atoms with Crippen LogP contribution in [0.3, 0.4) is 0 Å². The molecular weight excluding hydrogens is 594 g/mol. The topological polar surface area (TPSA) is 159 Å². The molecule has 0 aliphatic carbocycles. The summed E-state index contributed by atoms with van der Waals surface area (Å²) in [4.78, 5) is 27.6. The van der Waals surface area contributed by atoms with Crippen molar-refractivity contribution in [3.63, 3.8) is 0 Å². The lowest BCUT2D eigenvalue weighted by Gasteiger charge is -2.36. The number of carbonyl (C=O) groups excluding carboxylic acids is 2. The Morgan fingerprint density at radius 1 is 0.911 bits per heavy atom. The summed E-state index contributed by atoms with van der Waals surface area (Å²) in [6, 6.07) is 23.9. The van der Waals surface area contributed by atoms with Crippen molar-refractivity contribution in [3.05, 3.63) is 101 Å². The van der Waals surface area contributed by atoms with Gasteiger partial charge in [-0.05, 0) is 52.8 Å². The number of aromatic nitrogens is 3. The van der Waals surface area contributed by atoms with Crippen molar-refractivity contribution in [3.8, 4) is 11.1 Å². The molecular formula is C33H37N5O6S. The molecule has 2 heterocycles. The Hall–Kier alpha value is -4.07. The Labute approximate surface area is 265 Å². The molecule has 0 radical (unpaired) electrons. The molecule has 0 bridgehead atoms. The number of unbranched alkanes of at least 4 members (excludes halogenated alkanes) is 1. The minimum absolute atomic E-state index is 0.0122. The predicted octanol–water partition coefficient (Wildman–Crippen LogP) is 4.98. The number of hydrogen-bond acceptors (Lipinski definition) is 9. The number of hydroxylamine groups is 1. The molecule has 12 heteroatoms. The smallest absolute Gasteiger partial charge is 0.243 e. The van der Waals surface area contributed by atoms with Crippen LogP contribution in [0, 0.1) is 0 Å². The van der Waals surface area contributed by atoms with Crippen LogP contribution in [0.15, 0.2) is 84.3 Å². The number of carbonyl (C=O) groups is 2. The van der Waals surface area contributed by atoms with E-state index in [0.29, 0.717) is 38.0 Å². The highest BCUT2D eigenvalue weighted by molar-refractivity contribution is 7.99. The first kappa shape index (κ1) is 32.3. The van der Waals surface area contributed by atoms with Gasteiger partial charge in [0.1, 0.15) is 6.33 Å². The van der Waals surface area contributed by atoms with Gasteiger partial charge >= 0.3 is 0 Å². The normalized spacial score (nSPS) is 18.0. The second-order valence-electron chi connectivity index (χ2n) is 10.8. The Balaban J connectivity index is 1.25. The van der Waals surface area contributed by atoms with E-state index in [0.717, 1.165) is 38.5 Å². The van der Waals surface area contributed by atoms with Gasteiger partial charge in [0.2, 0.25) is 11.8 Å². The number of amides is 2. The fourth-order valence-corrected chi connectivity index (χ4v) is 5.90. The molecule has 1 aliphatic heterocycles. The van der Waals surface area contributed by atoms with Gasteiger partial charge in [0.25, 0.3) is 0 Å². The Kier molecular flexibility index (Phi) is 11.7. The fourth-order valence-electron chi connectivity index (χ4n) is 5.10. The molecule has 0 saturated carbocycles. The van der Waals surface area contributed by atoms with E-state index in [1.54, 1.807) is 17.2 Å². The molecule has 5 N–H and O–H groups in total. The lowest BCUT2D eigenvalue weighted by atomic mass is 9.99. The SMILES string of the molecule is O=C(CCCCC(=O)NCc1cccc(-c2cccc([C@@H]3O[C@H](CSc4ncn[nH]4)C[C@H](c4ccc(CO)cc4)O3)c2)c1)NO. The Morgan fingerprint density at radius 2 is 1.67 bits per heavy atom. The van der Waals surface area contributed by atoms with E-state index in [2.05, 4.69) is 32.6 Å². The molecule has 3 atom stereocenters. The van der Waals surface area contributed by atoms with Crippen LogP contribution in [0.25, 0.3) is 11.1 Å². The standard InChI is InChI=1S/C33H37N5O6S/c39-19-22-11-13-24(14-12-22)29-17-28(20-45-33-35-21-36-37-33)43-32(44-29)27-8-4-7-26(16-27)25-6-3-5-23(15-25)18-34-30(40)9-1-2-10-31(41)38-42/h3-8,11-16,21,28-29,32,39,42H,1-2,9-10,17-20H2,(H,34,40)(H,38,41)(H,35,36,37)/t28-,29+,32+/m0/s1. The van der Waals surface area contributed by atoms with Crippen molar-refractivity contribution >= 4 is 23.6 Å². The van der Waals surface area contributed by atoms with Crippen LogP contribution in [0.2, 0.25) is 0 Å². The molecule has 0 unspecified atom stereocenters. The summed E-state index contributed by atoms with van der Waals surface area (Å²) in [5.41, 5.74) is 7.33. The van der Waals surface area contributed by atoms with Crippen LogP contribution in [0.5, 0.6) is 0 Å². The van der Waals surface area contributed by atoms with Gasteiger partial charge in [0, 0.05) is 37.1 Å². The van der Waals surface area contributed by atoms with Gasteiger partial charge < -0.3 is 19.9 Å². The van der Waals surface area contributed by atoms with Crippen molar-refractivity contribution < 1.29 is 29.4 Å². The summed E-state index contributed by atoms with van der Waals surface area (Å²) in [6.45, 7) is 0.376. The second-order valence-corrected chi connectivity index (χ2v) is 11.8. The third kappa shape index (κ3) is 9.46. The molecule has 1 aromatic heterocycles. The molecule has 4 aromatic rings. The molecule has 0 spiro atoms. The highest BCUT2D eigenvalue weighted by Gasteiger charge is 2.32. The average Bonchev–Trinajstić information content (AvgIpc) is 3.62. The number of thioether (sulfide) groups is 1. The van der Waals surface area contributed by atoms with Crippen LogP contribution >= 0.6 is 11.8 Å². The quantitative estimate of drug-likeness (QED) is 0.0560. The minimum atomic E-state index is -0.590. The van der Waals surface area contributed by atoms with Crippen LogP contribution in [-0.4, -0.2) is 49.2 Å². The number of aliphatic hydroxyl groups excluding tert-OH is 1. The molecule has 11 nitrogen and oxygen atoms in total. The zero-order chi connectivity index (χ0) is 31.4. The third-order valence-electron chi connectivity index (χ3n) is 7.50. The fraction of sp³-hybridized carbons (Fsp3) is 0.333. The van der Waals surface area contributed by atoms with Crippen LogP contribution in [0.4, 0.5) is 0 Å². The number of aromatic amines is 1. The highest BCUT2D eigenvalue weighted by Crippen LogP contribution is 2.40. The lowest BCUT2D eigenvalue weighted by molar-refractivity contribution is -0.245. The van der Waals surface area contributed by atoms with Crippen LogP contribution < -0.4 is 10.8 Å². The van der Waals surface area contributed by atoms with Gasteiger partial charge in [-0.2, -0.15) is 5.10 Å². The monoisotopic (exact) mass is 631 g/mol. The summed E-state index contributed by atoms with van der Waals surface area (Å²) in [5, 5.41) is 28.5. The largest absolute Gasteiger partial charge is 0.392 e. The number of nitrogens with zero attached hydrogens (tertiary/aromatic N) is 2. The second kappa shape index (κ2) is 16.3. The number of hydrogen-bond donors (Lipinski definition) is 5.